The highest BCUT2D eigenvalue weighted by molar-refractivity contribution is 5.78. The van der Waals surface area contributed by atoms with Crippen molar-refractivity contribution >= 4 is 5.91 Å². The van der Waals surface area contributed by atoms with Gasteiger partial charge in [-0.05, 0) is 13.3 Å². The van der Waals surface area contributed by atoms with Gasteiger partial charge >= 0.3 is 0 Å². The number of hydrogen-bond donors (Lipinski definition) is 0. The van der Waals surface area contributed by atoms with E-state index in [0.29, 0.717) is 12.8 Å². The molecule has 0 aromatic rings. The molecule has 1 amide bonds. The molecule has 1 rings (SSSR count). The molecule has 0 aromatic carbocycles. The van der Waals surface area contributed by atoms with E-state index in [1.54, 1.807) is 0 Å². The van der Waals surface area contributed by atoms with Gasteiger partial charge in [0.1, 0.15) is 0 Å². The summed E-state index contributed by atoms with van der Waals surface area (Å²) in [5, 5.41) is 0. The molecule has 0 aromatic heterocycles. The third-order valence-electron chi connectivity index (χ3n) is 1.76. The molecule has 0 saturated carbocycles. The lowest BCUT2D eigenvalue weighted by molar-refractivity contribution is -0.130. The molecular weight excluding hydrogens is 164 g/mol. The fourth-order valence-corrected chi connectivity index (χ4v) is 1.15. The molecule has 0 fully saturated rings. The van der Waals surface area contributed by atoms with Gasteiger partial charge in [-0.3, -0.25) is 4.79 Å². The molecule has 12 heavy (non-hydrogen) atoms. The Kier molecular flexibility index (Phi) is 2.78. The van der Waals surface area contributed by atoms with Crippen molar-refractivity contribution in [2.24, 2.45) is 0 Å². The number of halogens is 2. The van der Waals surface area contributed by atoms with Crippen LogP contribution < -0.4 is 0 Å². The van der Waals surface area contributed by atoms with Gasteiger partial charge in [-0.1, -0.05) is 5.57 Å². The van der Waals surface area contributed by atoms with Gasteiger partial charge in [0.25, 0.3) is 6.43 Å². The molecule has 1 aliphatic heterocycles. The lowest BCUT2D eigenvalue weighted by Crippen LogP contribution is -2.32. The fourth-order valence-electron chi connectivity index (χ4n) is 1.15. The Morgan fingerprint density at radius 1 is 1.58 bits per heavy atom. The molecule has 0 N–H and O–H groups in total. The van der Waals surface area contributed by atoms with Gasteiger partial charge in [0.15, 0.2) is 0 Å². The van der Waals surface area contributed by atoms with E-state index in [4.69, 9.17) is 0 Å². The molecular formula is C8H11F2NO. The van der Waals surface area contributed by atoms with Crippen LogP contribution in [0.15, 0.2) is 11.8 Å². The second kappa shape index (κ2) is 3.65. The van der Waals surface area contributed by atoms with Crippen molar-refractivity contribution in [1.82, 2.24) is 4.90 Å². The van der Waals surface area contributed by atoms with E-state index in [-0.39, 0.29) is 5.91 Å². The zero-order chi connectivity index (χ0) is 9.14. The Balaban J connectivity index is 2.60. The molecule has 0 radical (unpaired) electrons. The van der Waals surface area contributed by atoms with E-state index in [9.17, 15) is 13.6 Å². The number of allylic oxidation sites excluding steroid dienone is 1. The van der Waals surface area contributed by atoms with Gasteiger partial charge in [0.05, 0.1) is 6.54 Å². The van der Waals surface area contributed by atoms with E-state index in [1.165, 1.54) is 6.20 Å². The SMILES string of the molecule is CC1=CN(CC(F)F)C(=O)CC1. The average Bonchev–Trinajstić information content (AvgIpc) is 1.96. The van der Waals surface area contributed by atoms with E-state index in [0.717, 1.165) is 10.5 Å². The van der Waals surface area contributed by atoms with Crippen LogP contribution in [0.3, 0.4) is 0 Å². The second-order valence-electron chi connectivity index (χ2n) is 2.91. The van der Waals surface area contributed by atoms with E-state index in [2.05, 4.69) is 0 Å². The minimum atomic E-state index is -2.45. The van der Waals surface area contributed by atoms with Gasteiger partial charge in [0, 0.05) is 12.6 Å². The fraction of sp³-hybridized carbons (Fsp3) is 0.625. The van der Waals surface area contributed by atoms with Crippen molar-refractivity contribution < 1.29 is 13.6 Å². The average molecular weight is 175 g/mol. The van der Waals surface area contributed by atoms with Crippen molar-refractivity contribution in [1.29, 1.82) is 0 Å². The van der Waals surface area contributed by atoms with Gasteiger partial charge in [-0.15, -0.1) is 0 Å². The first-order valence-corrected chi connectivity index (χ1v) is 3.84. The Morgan fingerprint density at radius 2 is 2.25 bits per heavy atom. The summed E-state index contributed by atoms with van der Waals surface area (Å²) in [7, 11) is 0. The molecule has 1 aliphatic rings. The van der Waals surface area contributed by atoms with E-state index in [1.807, 2.05) is 6.92 Å². The van der Waals surface area contributed by atoms with Crippen LogP contribution in [0.5, 0.6) is 0 Å². The molecule has 2 nitrogen and oxygen atoms in total. The van der Waals surface area contributed by atoms with Crippen LogP contribution in [0.2, 0.25) is 0 Å². The van der Waals surface area contributed by atoms with Gasteiger partial charge < -0.3 is 4.90 Å². The number of nitrogens with zero attached hydrogens (tertiary/aromatic N) is 1. The number of rotatable bonds is 2. The van der Waals surface area contributed by atoms with Crippen LogP contribution in [-0.2, 0) is 4.79 Å². The molecule has 0 aliphatic carbocycles. The van der Waals surface area contributed by atoms with E-state index < -0.39 is 13.0 Å². The monoisotopic (exact) mass is 175 g/mol. The largest absolute Gasteiger partial charge is 0.313 e. The summed E-state index contributed by atoms with van der Waals surface area (Å²) < 4.78 is 23.8. The maximum atomic E-state index is 11.9. The van der Waals surface area contributed by atoms with E-state index >= 15 is 0 Å². The minimum absolute atomic E-state index is 0.207. The Hall–Kier alpha value is -0.930. The van der Waals surface area contributed by atoms with Crippen LogP contribution in [0.1, 0.15) is 19.8 Å². The van der Waals surface area contributed by atoms with Crippen molar-refractivity contribution in [2.75, 3.05) is 6.54 Å². The third-order valence-corrected chi connectivity index (χ3v) is 1.76. The maximum Gasteiger partial charge on any atom is 0.256 e. The van der Waals surface area contributed by atoms with Crippen molar-refractivity contribution in [3.63, 3.8) is 0 Å². The van der Waals surface area contributed by atoms with Crippen LogP contribution >= 0.6 is 0 Å². The first-order valence-electron chi connectivity index (χ1n) is 3.84. The summed E-state index contributed by atoms with van der Waals surface area (Å²) in [6.45, 7) is 1.36. The first-order chi connectivity index (χ1) is 5.59. The number of amides is 1. The number of alkyl halides is 2. The Bertz CT molecular complexity index is 213. The molecule has 0 unspecified atom stereocenters. The predicted molar refractivity (Wildman–Crippen MR) is 40.7 cm³/mol. The lowest BCUT2D eigenvalue weighted by atomic mass is 10.1. The highest BCUT2D eigenvalue weighted by atomic mass is 19.3. The number of hydrogen-bond acceptors (Lipinski definition) is 1. The van der Waals surface area contributed by atoms with Gasteiger partial charge in [-0.25, -0.2) is 8.78 Å². The first kappa shape index (κ1) is 9.16. The summed E-state index contributed by atoms with van der Waals surface area (Å²) in [4.78, 5) is 12.1. The molecule has 0 atom stereocenters. The summed E-state index contributed by atoms with van der Waals surface area (Å²) in [6, 6.07) is 0. The second-order valence-corrected chi connectivity index (χ2v) is 2.91. The standard InChI is InChI=1S/C8H11F2NO/c1-6-2-3-8(12)11(4-6)5-7(9)10/h4,7H,2-3,5H2,1H3. The Labute approximate surface area is 69.9 Å². The predicted octanol–water partition coefficient (Wildman–Crippen LogP) is 1.78. The van der Waals surface area contributed by atoms with Crippen molar-refractivity contribution in [3.8, 4) is 0 Å². The van der Waals surface area contributed by atoms with Crippen LogP contribution in [-0.4, -0.2) is 23.8 Å². The quantitative estimate of drug-likeness (QED) is 0.626. The summed E-state index contributed by atoms with van der Waals surface area (Å²) >= 11 is 0. The van der Waals surface area contributed by atoms with Gasteiger partial charge in [0.2, 0.25) is 5.91 Å². The normalized spacial score (nSPS) is 18.5. The van der Waals surface area contributed by atoms with Crippen molar-refractivity contribution in [3.05, 3.63) is 11.8 Å². The summed E-state index contributed by atoms with van der Waals surface area (Å²) in [5.41, 5.74) is 0.982. The van der Waals surface area contributed by atoms with Crippen LogP contribution in [0.25, 0.3) is 0 Å². The molecule has 0 spiro atoms. The minimum Gasteiger partial charge on any atom is -0.313 e. The molecule has 4 heteroatoms. The highest BCUT2D eigenvalue weighted by Crippen LogP contribution is 2.15. The highest BCUT2D eigenvalue weighted by Gasteiger charge is 2.19. The number of carbonyl (C=O) groups is 1. The van der Waals surface area contributed by atoms with Crippen molar-refractivity contribution in [2.45, 2.75) is 26.2 Å². The number of carbonyl (C=O) groups excluding carboxylic acids is 1. The zero-order valence-corrected chi connectivity index (χ0v) is 6.89. The summed E-state index contributed by atoms with van der Waals surface area (Å²) in [5.74, 6) is -0.207. The van der Waals surface area contributed by atoms with Crippen LogP contribution in [0.4, 0.5) is 8.78 Å². The van der Waals surface area contributed by atoms with Crippen LogP contribution in [0, 0.1) is 0 Å². The Morgan fingerprint density at radius 3 is 2.83 bits per heavy atom. The summed E-state index contributed by atoms with van der Waals surface area (Å²) in [6.07, 6.45) is 0.113. The molecule has 1 heterocycles. The maximum absolute atomic E-state index is 11.9. The molecule has 0 saturated heterocycles. The molecule has 68 valence electrons. The smallest absolute Gasteiger partial charge is 0.256 e. The lowest BCUT2D eigenvalue weighted by Gasteiger charge is -2.23. The van der Waals surface area contributed by atoms with Gasteiger partial charge in [-0.2, -0.15) is 0 Å². The third kappa shape index (κ3) is 2.29. The zero-order valence-electron chi connectivity index (χ0n) is 6.89. The molecule has 0 bridgehead atoms. The topological polar surface area (TPSA) is 20.3 Å².